The molecule has 1 saturated heterocycles. The molecule has 0 bridgehead atoms. The molecule has 6 nitrogen and oxygen atoms in total. The Balaban J connectivity index is 1.82. The van der Waals surface area contributed by atoms with Gasteiger partial charge in [0, 0.05) is 29.9 Å². The van der Waals surface area contributed by atoms with Crippen LogP contribution in [0.2, 0.25) is 0 Å². The summed E-state index contributed by atoms with van der Waals surface area (Å²) in [6.07, 6.45) is 0. The molecule has 20 heavy (non-hydrogen) atoms. The minimum atomic E-state index is -0.926. The van der Waals surface area contributed by atoms with E-state index >= 15 is 0 Å². The molecule has 2 N–H and O–H groups in total. The number of carbonyl (C=O) groups excluding carboxylic acids is 1. The fourth-order valence-electron chi connectivity index (χ4n) is 1.98. The van der Waals surface area contributed by atoms with E-state index in [9.17, 15) is 9.59 Å². The lowest BCUT2D eigenvalue weighted by molar-refractivity contribution is -0.137. The molecule has 0 radical (unpaired) electrons. The average molecular weight is 298 g/mol. The summed E-state index contributed by atoms with van der Waals surface area (Å²) >= 11 is 1.38. The van der Waals surface area contributed by atoms with Crippen LogP contribution in [0.3, 0.4) is 0 Å². The van der Waals surface area contributed by atoms with Crippen LogP contribution in [-0.2, 0) is 16.1 Å². The largest absolute Gasteiger partial charge is 0.478 e. The number of carboxylic acid groups (broad SMARTS) is 1. The van der Waals surface area contributed by atoms with Crippen LogP contribution in [0.25, 0.3) is 0 Å². The highest BCUT2D eigenvalue weighted by molar-refractivity contribution is 7.10. The van der Waals surface area contributed by atoms with Gasteiger partial charge in [0.25, 0.3) is 0 Å². The summed E-state index contributed by atoms with van der Waals surface area (Å²) in [5.74, 6) is -0.867. The fraction of sp³-hybridized carbons (Fsp3) is 0.538. The second-order valence-electron chi connectivity index (χ2n) is 4.65. The van der Waals surface area contributed by atoms with E-state index in [1.54, 1.807) is 16.3 Å². The number of amides is 1. The van der Waals surface area contributed by atoms with Crippen molar-refractivity contribution in [1.82, 2.24) is 10.2 Å². The summed E-state index contributed by atoms with van der Waals surface area (Å²) < 4.78 is 5.22. The van der Waals surface area contributed by atoms with Gasteiger partial charge in [-0.05, 0) is 13.0 Å². The molecule has 1 atom stereocenters. The number of nitrogens with one attached hydrogen (secondary N) is 1. The van der Waals surface area contributed by atoms with Crippen molar-refractivity contribution in [3.8, 4) is 0 Å². The molecule has 0 saturated carbocycles. The van der Waals surface area contributed by atoms with Gasteiger partial charge in [-0.15, -0.1) is 11.3 Å². The van der Waals surface area contributed by atoms with Crippen LogP contribution in [0.1, 0.15) is 22.2 Å². The van der Waals surface area contributed by atoms with E-state index in [0.717, 1.165) is 4.88 Å². The number of morpholine rings is 1. The van der Waals surface area contributed by atoms with Gasteiger partial charge in [0.15, 0.2) is 0 Å². The Morgan fingerprint density at radius 1 is 1.50 bits per heavy atom. The number of thiophene rings is 1. The van der Waals surface area contributed by atoms with Crippen molar-refractivity contribution in [2.24, 2.45) is 0 Å². The van der Waals surface area contributed by atoms with Crippen molar-refractivity contribution in [3.63, 3.8) is 0 Å². The molecule has 1 aliphatic rings. The SMILES string of the molecule is CC(NCc1cc(C(=O)O)cs1)C(=O)N1CCOCC1. The second-order valence-corrected chi connectivity index (χ2v) is 5.64. The van der Waals surface area contributed by atoms with Crippen LogP contribution in [0.5, 0.6) is 0 Å². The molecular weight excluding hydrogens is 280 g/mol. The number of ether oxygens (including phenoxy) is 1. The lowest BCUT2D eigenvalue weighted by atomic mass is 10.2. The van der Waals surface area contributed by atoms with Crippen LogP contribution in [0.4, 0.5) is 0 Å². The number of hydrogen-bond donors (Lipinski definition) is 2. The highest BCUT2D eigenvalue weighted by Gasteiger charge is 2.22. The number of carboxylic acids is 1. The predicted octanol–water partition coefficient (Wildman–Crippen LogP) is 0.783. The van der Waals surface area contributed by atoms with E-state index < -0.39 is 5.97 Å². The summed E-state index contributed by atoms with van der Waals surface area (Å²) in [5.41, 5.74) is 0.291. The normalized spacial score (nSPS) is 16.9. The molecule has 0 aromatic carbocycles. The zero-order valence-corrected chi connectivity index (χ0v) is 12.1. The van der Waals surface area contributed by atoms with E-state index in [2.05, 4.69) is 5.32 Å². The van der Waals surface area contributed by atoms with Gasteiger partial charge in [-0.2, -0.15) is 0 Å². The first kappa shape index (κ1) is 15.0. The van der Waals surface area contributed by atoms with Crippen molar-refractivity contribution in [3.05, 3.63) is 21.9 Å². The maximum Gasteiger partial charge on any atom is 0.336 e. The first-order valence-electron chi connectivity index (χ1n) is 6.48. The molecule has 1 unspecified atom stereocenters. The van der Waals surface area contributed by atoms with Gasteiger partial charge >= 0.3 is 5.97 Å². The lowest BCUT2D eigenvalue weighted by Crippen LogP contribution is -2.48. The second kappa shape index (κ2) is 6.83. The van der Waals surface area contributed by atoms with E-state index in [-0.39, 0.29) is 11.9 Å². The van der Waals surface area contributed by atoms with E-state index in [4.69, 9.17) is 9.84 Å². The first-order valence-corrected chi connectivity index (χ1v) is 7.36. The Morgan fingerprint density at radius 2 is 2.20 bits per heavy atom. The average Bonchev–Trinajstić information content (AvgIpc) is 2.94. The standard InChI is InChI=1S/C13H18N2O4S/c1-9(12(16)15-2-4-19-5-3-15)14-7-11-6-10(8-20-11)13(17)18/h6,8-9,14H,2-5,7H2,1H3,(H,17,18). The highest BCUT2D eigenvalue weighted by Crippen LogP contribution is 2.14. The topological polar surface area (TPSA) is 78.9 Å². The quantitative estimate of drug-likeness (QED) is 0.840. The van der Waals surface area contributed by atoms with Crippen molar-refractivity contribution in [1.29, 1.82) is 0 Å². The van der Waals surface area contributed by atoms with Crippen LogP contribution < -0.4 is 5.32 Å². The maximum atomic E-state index is 12.1. The zero-order valence-electron chi connectivity index (χ0n) is 11.3. The van der Waals surface area contributed by atoms with Gasteiger partial charge in [0.05, 0.1) is 24.8 Å². The van der Waals surface area contributed by atoms with Gasteiger partial charge in [0.2, 0.25) is 5.91 Å². The third-order valence-electron chi connectivity index (χ3n) is 3.18. The predicted molar refractivity (Wildman–Crippen MR) is 75.0 cm³/mol. The highest BCUT2D eigenvalue weighted by atomic mass is 32.1. The fourth-order valence-corrected chi connectivity index (χ4v) is 2.79. The molecule has 2 heterocycles. The molecule has 0 spiro atoms. The van der Waals surface area contributed by atoms with Crippen LogP contribution in [-0.4, -0.2) is 54.2 Å². The summed E-state index contributed by atoms with van der Waals surface area (Å²) in [5, 5.41) is 13.6. The summed E-state index contributed by atoms with van der Waals surface area (Å²) in [6, 6.07) is 1.34. The number of carbonyl (C=O) groups is 2. The summed E-state index contributed by atoms with van der Waals surface area (Å²) in [6.45, 7) is 4.76. The Hall–Kier alpha value is -1.44. The number of nitrogens with zero attached hydrogens (tertiary/aromatic N) is 1. The van der Waals surface area contributed by atoms with E-state index in [1.165, 1.54) is 11.3 Å². The molecule has 1 aromatic rings. The zero-order chi connectivity index (χ0) is 14.5. The monoisotopic (exact) mass is 298 g/mol. The molecule has 1 amide bonds. The molecule has 110 valence electrons. The van der Waals surface area contributed by atoms with Crippen molar-refractivity contribution < 1.29 is 19.4 Å². The summed E-state index contributed by atoms with van der Waals surface area (Å²) in [7, 11) is 0. The Bertz CT molecular complexity index is 482. The summed E-state index contributed by atoms with van der Waals surface area (Å²) in [4.78, 5) is 25.6. The molecule has 0 aliphatic carbocycles. The van der Waals surface area contributed by atoms with Gasteiger partial charge < -0.3 is 20.1 Å². The number of rotatable bonds is 5. The number of hydrogen-bond acceptors (Lipinski definition) is 5. The minimum absolute atomic E-state index is 0.0586. The van der Waals surface area contributed by atoms with Gasteiger partial charge in [-0.3, -0.25) is 4.79 Å². The Morgan fingerprint density at radius 3 is 2.80 bits per heavy atom. The number of aromatic carboxylic acids is 1. The van der Waals surface area contributed by atoms with Gasteiger partial charge in [0.1, 0.15) is 0 Å². The lowest BCUT2D eigenvalue weighted by Gasteiger charge is -2.29. The molecule has 1 aromatic heterocycles. The van der Waals surface area contributed by atoms with Crippen molar-refractivity contribution >= 4 is 23.2 Å². The van der Waals surface area contributed by atoms with Crippen LogP contribution >= 0.6 is 11.3 Å². The van der Waals surface area contributed by atoms with Gasteiger partial charge in [-0.25, -0.2) is 4.79 Å². The molecule has 1 fully saturated rings. The molecule has 7 heteroatoms. The smallest absolute Gasteiger partial charge is 0.336 e. The van der Waals surface area contributed by atoms with Gasteiger partial charge in [-0.1, -0.05) is 0 Å². The van der Waals surface area contributed by atoms with E-state index in [1.807, 2.05) is 6.92 Å². The molecule has 2 rings (SSSR count). The third kappa shape index (κ3) is 3.78. The van der Waals surface area contributed by atoms with Crippen molar-refractivity contribution in [2.45, 2.75) is 19.5 Å². The Kier molecular flexibility index (Phi) is 5.11. The molecule has 1 aliphatic heterocycles. The van der Waals surface area contributed by atoms with Crippen LogP contribution in [0.15, 0.2) is 11.4 Å². The van der Waals surface area contributed by atoms with E-state index in [0.29, 0.717) is 38.4 Å². The Labute approximate surface area is 121 Å². The maximum absolute atomic E-state index is 12.1. The minimum Gasteiger partial charge on any atom is -0.478 e. The first-order chi connectivity index (χ1) is 9.58. The van der Waals surface area contributed by atoms with Crippen molar-refractivity contribution in [2.75, 3.05) is 26.3 Å². The third-order valence-corrected chi connectivity index (χ3v) is 4.11. The van der Waals surface area contributed by atoms with Crippen LogP contribution in [0, 0.1) is 0 Å². The molecular formula is C13H18N2O4S.